The van der Waals surface area contributed by atoms with Crippen molar-refractivity contribution < 1.29 is 23.9 Å². The average molecular weight is 348 g/mol. The highest BCUT2D eigenvalue weighted by Crippen LogP contribution is 2.17. The van der Waals surface area contributed by atoms with Crippen molar-refractivity contribution in [1.29, 1.82) is 0 Å². The largest absolute Gasteiger partial charge is 0.493 e. The van der Waals surface area contributed by atoms with Gasteiger partial charge in [0.05, 0.1) is 13.0 Å². The van der Waals surface area contributed by atoms with Gasteiger partial charge in [-0.2, -0.15) is 0 Å². The van der Waals surface area contributed by atoms with Crippen molar-refractivity contribution in [2.45, 2.75) is 26.2 Å². The zero-order valence-corrected chi connectivity index (χ0v) is 14.4. The summed E-state index contributed by atoms with van der Waals surface area (Å²) in [5, 5.41) is 0. The van der Waals surface area contributed by atoms with Crippen molar-refractivity contribution in [3.63, 3.8) is 0 Å². The van der Waals surface area contributed by atoms with Crippen molar-refractivity contribution in [3.8, 4) is 5.75 Å². The van der Waals surface area contributed by atoms with Gasteiger partial charge in [-0.25, -0.2) is 0 Å². The summed E-state index contributed by atoms with van der Waals surface area (Å²) < 4.78 is 10.5. The summed E-state index contributed by atoms with van der Waals surface area (Å²) in [6, 6.07) is 7.53. The first-order valence-electron chi connectivity index (χ1n) is 8.38. The molecule has 0 spiro atoms. The Morgan fingerprint density at radius 3 is 2.52 bits per heavy atom. The quantitative estimate of drug-likeness (QED) is 0.742. The highest BCUT2D eigenvalue weighted by molar-refractivity contribution is 5.81. The molecule has 1 aliphatic rings. The zero-order valence-electron chi connectivity index (χ0n) is 14.4. The minimum atomic E-state index is -0.478. The van der Waals surface area contributed by atoms with Crippen LogP contribution in [-0.4, -0.2) is 49.0 Å². The number of nitrogens with two attached hydrogens (primary N) is 1. The molecule has 0 saturated carbocycles. The number of hydrogen-bond donors (Lipinski definition) is 1. The fraction of sp³-hybridized carbons (Fsp3) is 0.500. The number of carbonyl (C=O) groups is 3. The molecule has 1 saturated heterocycles. The fourth-order valence-corrected chi connectivity index (χ4v) is 2.68. The molecule has 0 atom stereocenters. The Morgan fingerprint density at radius 1 is 1.20 bits per heavy atom. The maximum Gasteiger partial charge on any atom is 0.309 e. The molecule has 1 aromatic carbocycles. The van der Waals surface area contributed by atoms with Crippen LogP contribution in [0.5, 0.6) is 5.75 Å². The molecule has 1 aromatic rings. The summed E-state index contributed by atoms with van der Waals surface area (Å²) in [6.45, 7) is 2.75. The van der Waals surface area contributed by atoms with E-state index in [2.05, 4.69) is 0 Å². The van der Waals surface area contributed by atoms with Gasteiger partial charge in [0.15, 0.2) is 6.61 Å². The lowest BCUT2D eigenvalue weighted by atomic mass is 9.96. The number of piperidine rings is 1. The van der Waals surface area contributed by atoms with Crippen LogP contribution in [0.2, 0.25) is 0 Å². The Hall–Kier alpha value is -2.57. The molecule has 0 aromatic heterocycles. The lowest BCUT2D eigenvalue weighted by molar-refractivity contribution is -0.153. The van der Waals surface area contributed by atoms with Crippen molar-refractivity contribution in [1.82, 2.24) is 4.90 Å². The predicted octanol–water partition coefficient (Wildman–Crippen LogP) is 1.03. The summed E-state index contributed by atoms with van der Waals surface area (Å²) in [6.07, 6.45) is 1.18. The molecule has 2 N–H and O–H groups in total. The van der Waals surface area contributed by atoms with Crippen LogP contribution < -0.4 is 10.5 Å². The van der Waals surface area contributed by atoms with Crippen LogP contribution in [0.4, 0.5) is 0 Å². The molecule has 136 valence electrons. The van der Waals surface area contributed by atoms with Gasteiger partial charge in [0.25, 0.3) is 5.91 Å². The monoisotopic (exact) mass is 348 g/mol. The molecule has 1 fully saturated rings. The molecule has 0 unspecified atom stereocenters. The van der Waals surface area contributed by atoms with E-state index < -0.39 is 5.97 Å². The van der Waals surface area contributed by atoms with Crippen LogP contribution in [0.3, 0.4) is 0 Å². The standard InChI is InChI=1S/C18H24N2O5/c1-13-4-2-3-5-15(13)24-11-8-17(22)25-12-16(21)20-9-6-14(7-10-20)18(19)23/h2-5,14H,6-12H2,1H3,(H2,19,23). The summed E-state index contributed by atoms with van der Waals surface area (Å²) in [7, 11) is 0. The van der Waals surface area contributed by atoms with Gasteiger partial charge in [0, 0.05) is 19.0 Å². The topological polar surface area (TPSA) is 98.9 Å². The molecule has 7 heteroatoms. The van der Waals surface area contributed by atoms with Gasteiger partial charge in [0.1, 0.15) is 5.75 Å². The molecule has 0 aliphatic carbocycles. The van der Waals surface area contributed by atoms with Gasteiger partial charge < -0.3 is 20.1 Å². The molecule has 2 rings (SSSR count). The van der Waals surface area contributed by atoms with E-state index >= 15 is 0 Å². The van der Waals surface area contributed by atoms with Crippen molar-refractivity contribution >= 4 is 17.8 Å². The minimum Gasteiger partial charge on any atom is -0.493 e. The van der Waals surface area contributed by atoms with Gasteiger partial charge in [-0.15, -0.1) is 0 Å². The maximum absolute atomic E-state index is 12.0. The van der Waals surface area contributed by atoms with Crippen molar-refractivity contribution in [2.75, 3.05) is 26.3 Å². The molecular weight excluding hydrogens is 324 g/mol. The Labute approximate surface area is 147 Å². The number of likely N-dealkylation sites (tertiary alicyclic amines) is 1. The first-order chi connectivity index (χ1) is 12.0. The van der Waals surface area contributed by atoms with E-state index in [-0.39, 0.29) is 37.4 Å². The smallest absolute Gasteiger partial charge is 0.309 e. The third-order valence-corrected chi connectivity index (χ3v) is 4.26. The minimum absolute atomic E-state index is 0.0748. The Bertz CT molecular complexity index is 624. The number of nitrogens with zero attached hydrogens (tertiary/aromatic N) is 1. The van der Waals surface area contributed by atoms with E-state index in [1.165, 1.54) is 0 Å². The first kappa shape index (κ1) is 18.8. The van der Waals surface area contributed by atoms with E-state index in [0.717, 1.165) is 11.3 Å². The van der Waals surface area contributed by atoms with Crippen LogP contribution in [0.15, 0.2) is 24.3 Å². The first-order valence-corrected chi connectivity index (χ1v) is 8.38. The highest BCUT2D eigenvalue weighted by Gasteiger charge is 2.26. The number of primary amides is 1. The number of aryl methyl sites for hydroxylation is 1. The lowest BCUT2D eigenvalue weighted by Crippen LogP contribution is -2.43. The zero-order chi connectivity index (χ0) is 18.2. The van der Waals surface area contributed by atoms with E-state index in [9.17, 15) is 14.4 Å². The average Bonchev–Trinajstić information content (AvgIpc) is 2.61. The number of carbonyl (C=O) groups excluding carboxylic acids is 3. The number of benzene rings is 1. The number of rotatable bonds is 7. The predicted molar refractivity (Wildman–Crippen MR) is 90.7 cm³/mol. The SMILES string of the molecule is Cc1ccccc1OCCC(=O)OCC(=O)N1CCC(C(N)=O)CC1. The number of para-hydroxylation sites is 1. The molecular formula is C18H24N2O5. The third-order valence-electron chi connectivity index (χ3n) is 4.26. The number of amides is 2. The van der Waals surface area contributed by atoms with E-state index in [0.29, 0.717) is 25.9 Å². The normalized spacial score (nSPS) is 14.8. The van der Waals surface area contributed by atoms with Gasteiger partial charge in [0.2, 0.25) is 5.91 Å². The van der Waals surface area contributed by atoms with Crippen LogP contribution >= 0.6 is 0 Å². The molecule has 0 radical (unpaired) electrons. The molecule has 25 heavy (non-hydrogen) atoms. The van der Waals surface area contributed by atoms with E-state index in [4.69, 9.17) is 15.2 Å². The molecule has 1 aliphatic heterocycles. The van der Waals surface area contributed by atoms with E-state index in [1.54, 1.807) is 4.90 Å². The van der Waals surface area contributed by atoms with Crippen LogP contribution in [0, 0.1) is 12.8 Å². The van der Waals surface area contributed by atoms with E-state index in [1.807, 2.05) is 31.2 Å². The Kier molecular flexibility index (Phi) is 6.80. The van der Waals surface area contributed by atoms with Crippen LogP contribution in [0.25, 0.3) is 0 Å². The summed E-state index contributed by atoms with van der Waals surface area (Å²) >= 11 is 0. The molecule has 7 nitrogen and oxygen atoms in total. The summed E-state index contributed by atoms with van der Waals surface area (Å²) in [4.78, 5) is 36.4. The van der Waals surface area contributed by atoms with Crippen LogP contribution in [0.1, 0.15) is 24.8 Å². The van der Waals surface area contributed by atoms with Gasteiger partial charge in [-0.3, -0.25) is 14.4 Å². The second-order valence-corrected chi connectivity index (χ2v) is 6.08. The van der Waals surface area contributed by atoms with Gasteiger partial charge in [-0.1, -0.05) is 18.2 Å². The number of ether oxygens (including phenoxy) is 2. The number of hydrogen-bond acceptors (Lipinski definition) is 5. The van der Waals surface area contributed by atoms with Gasteiger partial charge >= 0.3 is 5.97 Å². The molecule has 1 heterocycles. The van der Waals surface area contributed by atoms with Crippen molar-refractivity contribution in [3.05, 3.63) is 29.8 Å². The second kappa shape index (κ2) is 9.05. The lowest BCUT2D eigenvalue weighted by Gasteiger charge is -2.30. The van der Waals surface area contributed by atoms with Crippen molar-refractivity contribution in [2.24, 2.45) is 11.7 Å². The van der Waals surface area contributed by atoms with Gasteiger partial charge in [-0.05, 0) is 31.4 Å². The number of esters is 1. The molecule has 0 bridgehead atoms. The Morgan fingerprint density at radius 2 is 1.88 bits per heavy atom. The third kappa shape index (κ3) is 5.77. The molecule has 2 amide bonds. The fourth-order valence-electron chi connectivity index (χ4n) is 2.68. The van der Waals surface area contributed by atoms with Crippen LogP contribution in [-0.2, 0) is 19.1 Å². The second-order valence-electron chi connectivity index (χ2n) is 6.08. The Balaban J connectivity index is 1.64. The maximum atomic E-state index is 12.0. The summed E-state index contributed by atoms with van der Waals surface area (Å²) in [5.41, 5.74) is 6.25. The highest BCUT2D eigenvalue weighted by atomic mass is 16.5. The summed E-state index contributed by atoms with van der Waals surface area (Å²) in [5.74, 6) is -0.508.